The molecule has 1 aliphatic heterocycles. The molecule has 0 aromatic heterocycles. The lowest BCUT2D eigenvalue weighted by atomic mass is 9.85. The van der Waals surface area contributed by atoms with Crippen LogP contribution in [0.15, 0.2) is 0 Å². The van der Waals surface area contributed by atoms with Gasteiger partial charge in [-0.1, -0.05) is 13.8 Å². The lowest BCUT2D eigenvalue weighted by Gasteiger charge is -2.44. The molecule has 1 aliphatic rings. The van der Waals surface area contributed by atoms with E-state index in [1.54, 1.807) is 13.8 Å². The molecule has 0 unspecified atom stereocenters. The summed E-state index contributed by atoms with van der Waals surface area (Å²) in [5, 5.41) is 11.4. The van der Waals surface area contributed by atoms with Crippen molar-refractivity contribution < 1.29 is 19.4 Å². The van der Waals surface area contributed by atoms with E-state index in [-0.39, 0.29) is 17.9 Å². The van der Waals surface area contributed by atoms with Gasteiger partial charge in [-0.2, -0.15) is 0 Å². The molecule has 17 heavy (non-hydrogen) atoms. The number of hydrogen-bond acceptors (Lipinski definition) is 4. The average molecular weight is 245 g/mol. The molecule has 0 aromatic carbocycles. The molecule has 100 valence electrons. The SMILES string of the molecule is CC1(C)OCC(C)(C)[C@H](C(=O)NCCCO)O1. The van der Waals surface area contributed by atoms with E-state index in [4.69, 9.17) is 14.6 Å². The van der Waals surface area contributed by atoms with Crippen LogP contribution in [-0.2, 0) is 14.3 Å². The highest BCUT2D eigenvalue weighted by atomic mass is 16.7. The van der Waals surface area contributed by atoms with Crippen LogP contribution in [0.2, 0.25) is 0 Å². The number of aliphatic hydroxyl groups excluding tert-OH is 1. The fourth-order valence-electron chi connectivity index (χ4n) is 1.70. The Labute approximate surface area is 102 Å². The van der Waals surface area contributed by atoms with Crippen LogP contribution in [0.4, 0.5) is 0 Å². The Bertz CT molecular complexity index is 276. The molecule has 5 nitrogen and oxygen atoms in total. The summed E-state index contributed by atoms with van der Waals surface area (Å²) in [6.45, 7) is 8.51. The quantitative estimate of drug-likeness (QED) is 0.714. The standard InChI is InChI=1S/C12H23NO4/c1-11(2)8-16-12(3,4)17-9(11)10(15)13-6-5-7-14/h9,14H,5-8H2,1-4H3,(H,13,15)/t9-/m0/s1. The maximum Gasteiger partial charge on any atom is 0.249 e. The van der Waals surface area contributed by atoms with E-state index in [1.165, 1.54) is 0 Å². The second-order valence-corrected chi connectivity index (χ2v) is 5.54. The van der Waals surface area contributed by atoms with Crippen molar-refractivity contribution in [3.63, 3.8) is 0 Å². The molecule has 1 rings (SSSR count). The second kappa shape index (κ2) is 5.33. The average Bonchev–Trinajstić information content (AvgIpc) is 2.22. The largest absolute Gasteiger partial charge is 0.396 e. The van der Waals surface area contributed by atoms with Gasteiger partial charge in [0.1, 0.15) is 6.10 Å². The first-order chi connectivity index (χ1) is 7.78. The van der Waals surface area contributed by atoms with E-state index in [0.717, 1.165) is 0 Å². The zero-order valence-corrected chi connectivity index (χ0v) is 11.1. The van der Waals surface area contributed by atoms with Crippen LogP contribution in [-0.4, -0.2) is 42.7 Å². The first kappa shape index (κ1) is 14.4. The van der Waals surface area contributed by atoms with Crippen LogP contribution in [0.5, 0.6) is 0 Å². The van der Waals surface area contributed by atoms with Gasteiger partial charge in [0.2, 0.25) is 5.91 Å². The molecule has 0 aromatic rings. The van der Waals surface area contributed by atoms with Crippen LogP contribution in [0, 0.1) is 5.41 Å². The predicted octanol–water partition coefficient (Wildman–Crippen LogP) is 0.663. The minimum absolute atomic E-state index is 0.0732. The van der Waals surface area contributed by atoms with Gasteiger partial charge in [0.25, 0.3) is 0 Å². The lowest BCUT2D eigenvalue weighted by molar-refractivity contribution is -0.304. The van der Waals surface area contributed by atoms with Crippen molar-refractivity contribution in [1.82, 2.24) is 5.32 Å². The van der Waals surface area contributed by atoms with Gasteiger partial charge in [-0.3, -0.25) is 4.79 Å². The van der Waals surface area contributed by atoms with Crippen LogP contribution < -0.4 is 5.32 Å². The summed E-state index contributed by atoms with van der Waals surface area (Å²) in [4.78, 5) is 12.0. The van der Waals surface area contributed by atoms with E-state index in [2.05, 4.69) is 5.32 Å². The summed E-state index contributed by atoms with van der Waals surface area (Å²) in [5.41, 5.74) is -0.348. The molecular formula is C12H23NO4. The molecule has 0 bridgehead atoms. The molecule has 1 amide bonds. The first-order valence-electron chi connectivity index (χ1n) is 5.99. The molecule has 1 fully saturated rings. The van der Waals surface area contributed by atoms with Gasteiger partial charge >= 0.3 is 0 Å². The van der Waals surface area contributed by atoms with Crippen LogP contribution >= 0.6 is 0 Å². The Morgan fingerprint density at radius 1 is 1.41 bits per heavy atom. The molecule has 0 radical (unpaired) electrons. The fourth-order valence-corrected chi connectivity index (χ4v) is 1.70. The van der Waals surface area contributed by atoms with Gasteiger partial charge in [-0.15, -0.1) is 0 Å². The van der Waals surface area contributed by atoms with Crippen molar-refractivity contribution in [3.05, 3.63) is 0 Å². The van der Waals surface area contributed by atoms with E-state index in [9.17, 15) is 4.79 Å². The predicted molar refractivity (Wildman–Crippen MR) is 63.4 cm³/mol. The van der Waals surface area contributed by atoms with Gasteiger partial charge in [-0.05, 0) is 20.3 Å². The molecule has 0 aliphatic carbocycles. The Hall–Kier alpha value is -0.650. The minimum atomic E-state index is -0.728. The summed E-state index contributed by atoms with van der Waals surface area (Å²) < 4.78 is 11.2. The van der Waals surface area contributed by atoms with Crippen LogP contribution in [0.3, 0.4) is 0 Å². The molecule has 1 saturated heterocycles. The van der Waals surface area contributed by atoms with Gasteiger partial charge < -0.3 is 19.9 Å². The molecular weight excluding hydrogens is 222 g/mol. The number of hydrogen-bond donors (Lipinski definition) is 2. The van der Waals surface area contributed by atoms with Gasteiger partial charge in [0.15, 0.2) is 5.79 Å². The van der Waals surface area contributed by atoms with E-state index in [0.29, 0.717) is 19.6 Å². The first-order valence-corrected chi connectivity index (χ1v) is 5.99. The number of carbonyl (C=O) groups excluding carboxylic acids is 1. The maximum absolute atomic E-state index is 12.0. The van der Waals surface area contributed by atoms with E-state index in [1.807, 2.05) is 13.8 Å². The number of aliphatic hydroxyl groups is 1. The number of ether oxygens (including phenoxy) is 2. The van der Waals surface area contributed by atoms with Gasteiger partial charge in [0, 0.05) is 18.6 Å². The third-order valence-electron chi connectivity index (χ3n) is 2.78. The van der Waals surface area contributed by atoms with E-state index < -0.39 is 11.9 Å². The maximum atomic E-state index is 12.0. The lowest BCUT2D eigenvalue weighted by Crippen LogP contribution is -2.56. The highest BCUT2D eigenvalue weighted by molar-refractivity contribution is 5.81. The summed E-state index contributed by atoms with van der Waals surface area (Å²) in [6, 6.07) is 0. The van der Waals surface area contributed by atoms with Crippen LogP contribution in [0.25, 0.3) is 0 Å². The number of carbonyl (C=O) groups is 1. The molecule has 2 N–H and O–H groups in total. The van der Waals surface area contributed by atoms with Gasteiger partial charge in [-0.25, -0.2) is 0 Å². The Morgan fingerprint density at radius 3 is 2.65 bits per heavy atom. The van der Waals surface area contributed by atoms with Crippen LogP contribution in [0.1, 0.15) is 34.1 Å². The topological polar surface area (TPSA) is 67.8 Å². The molecule has 0 saturated carbocycles. The smallest absolute Gasteiger partial charge is 0.249 e. The van der Waals surface area contributed by atoms with Crippen molar-refractivity contribution in [3.8, 4) is 0 Å². The fraction of sp³-hybridized carbons (Fsp3) is 0.917. The molecule has 1 atom stereocenters. The van der Waals surface area contributed by atoms with Gasteiger partial charge in [0.05, 0.1) is 6.61 Å². The minimum Gasteiger partial charge on any atom is -0.396 e. The van der Waals surface area contributed by atoms with Crippen molar-refractivity contribution in [2.75, 3.05) is 19.8 Å². The van der Waals surface area contributed by atoms with Crippen molar-refractivity contribution >= 4 is 5.91 Å². The molecule has 5 heteroatoms. The Balaban J connectivity index is 2.61. The highest BCUT2D eigenvalue weighted by Crippen LogP contribution is 2.34. The van der Waals surface area contributed by atoms with E-state index >= 15 is 0 Å². The second-order valence-electron chi connectivity index (χ2n) is 5.54. The number of rotatable bonds is 4. The van der Waals surface area contributed by atoms with Crippen molar-refractivity contribution in [2.45, 2.75) is 46.0 Å². The third kappa shape index (κ3) is 3.94. The zero-order chi connectivity index (χ0) is 13.1. The van der Waals surface area contributed by atoms with Crippen molar-refractivity contribution in [2.24, 2.45) is 5.41 Å². The summed E-state index contributed by atoms with van der Waals surface area (Å²) in [5.74, 6) is -0.867. The number of nitrogens with one attached hydrogen (secondary N) is 1. The third-order valence-corrected chi connectivity index (χ3v) is 2.78. The normalized spacial score (nSPS) is 26.5. The monoisotopic (exact) mass is 245 g/mol. The molecule has 1 heterocycles. The summed E-state index contributed by atoms with van der Waals surface area (Å²) in [7, 11) is 0. The Morgan fingerprint density at radius 2 is 2.06 bits per heavy atom. The molecule has 0 spiro atoms. The number of amides is 1. The zero-order valence-electron chi connectivity index (χ0n) is 11.1. The summed E-state index contributed by atoms with van der Waals surface area (Å²) in [6.07, 6.45) is 0.0311. The van der Waals surface area contributed by atoms with Crippen molar-refractivity contribution in [1.29, 1.82) is 0 Å². The Kier molecular flexibility index (Phi) is 4.52. The summed E-state index contributed by atoms with van der Waals surface area (Å²) >= 11 is 0. The highest BCUT2D eigenvalue weighted by Gasteiger charge is 2.45.